The van der Waals surface area contributed by atoms with Gasteiger partial charge in [-0.25, -0.2) is 0 Å². The Kier molecular flexibility index (Phi) is 3.10. The summed E-state index contributed by atoms with van der Waals surface area (Å²) in [6, 6.07) is 15.0. The summed E-state index contributed by atoms with van der Waals surface area (Å²) in [5.74, 6) is 0. The van der Waals surface area contributed by atoms with Gasteiger partial charge in [-0.05, 0) is 31.2 Å². The molecule has 0 saturated carbocycles. The van der Waals surface area contributed by atoms with Crippen molar-refractivity contribution in [3.8, 4) is 0 Å². The Bertz CT molecular complexity index is 520. The zero-order chi connectivity index (χ0) is 12.3. The molecule has 2 rings (SSSR count). The molecule has 0 atom stereocenters. The Hall–Kier alpha value is -2.29. The van der Waals surface area contributed by atoms with Gasteiger partial charge in [-0.15, -0.1) is 0 Å². The third-order valence-corrected chi connectivity index (χ3v) is 2.61. The standard InChI is InChI=1S/C14H14N2O/c1-11-6-8-12(9-7-11)16(10-17)14-5-3-2-4-13(14)15/h2-10H,15H2,1H3. The Morgan fingerprint density at radius 1 is 1.06 bits per heavy atom. The van der Waals surface area contributed by atoms with Crippen LogP contribution in [0.2, 0.25) is 0 Å². The lowest BCUT2D eigenvalue weighted by molar-refractivity contribution is -0.106. The third-order valence-electron chi connectivity index (χ3n) is 2.61. The van der Waals surface area contributed by atoms with Crippen LogP contribution in [0.4, 0.5) is 17.1 Å². The van der Waals surface area contributed by atoms with Crippen molar-refractivity contribution in [2.45, 2.75) is 6.92 Å². The van der Waals surface area contributed by atoms with Crippen LogP contribution in [0.1, 0.15) is 5.56 Å². The topological polar surface area (TPSA) is 46.3 Å². The number of anilines is 3. The van der Waals surface area contributed by atoms with E-state index in [0.717, 1.165) is 17.7 Å². The Labute approximate surface area is 100 Å². The molecule has 0 fully saturated rings. The number of nitrogens with two attached hydrogens (primary N) is 1. The zero-order valence-electron chi connectivity index (χ0n) is 9.63. The van der Waals surface area contributed by atoms with E-state index in [1.807, 2.05) is 49.4 Å². The highest BCUT2D eigenvalue weighted by Crippen LogP contribution is 2.28. The fraction of sp³-hybridized carbons (Fsp3) is 0.0714. The monoisotopic (exact) mass is 226 g/mol. The van der Waals surface area contributed by atoms with E-state index in [2.05, 4.69) is 0 Å². The van der Waals surface area contributed by atoms with Crippen LogP contribution in [0.3, 0.4) is 0 Å². The summed E-state index contributed by atoms with van der Waals surface area (Å²) in [5.41, 5.74) is 9.11. The maximum absolute atomic E-state index is 11.2. The lowest BCUT2D eigenvalue weighted by Crippen LogP contribution is -2.15. The van der Waals surface area contributed by atoms with Crippen LogP contribution in [0, 0.1) is 6.92 Å². The summed E-state index contributed by atoms with van der Waals surface area (Å²) in [7, 11) is 0. The average molecular weight is 226 g/mol. The smallest absolute Gasteiger partial charge is 0.218 e. The second kappa shape index (κ2) is 4.70. The molecule has 86 valence electrons. The number of hydrogen-bond acceptors (Lipinski definition) is 2. The van der Waals surface area contributed by atoms with Crippen LogP contribution in [-0.4, -0.2) is 6.41 Å². The summed E-state index contributed by atoms with van der Waals surface area (Å²) in [6.07, 6.45) is 0.774. The predicted molar refractivity (Wildman–Crippen MR) is 70.2 cm³/mol. The summed E-state index contributed by atoms with van der Waals surface area (Å²) in [4.78, 5) is 12.7. The first-order chi connectivity index (χ1) is 8.22. The molecule has 3 heteroatoms. The fourth-order valence-electron chi connectivity index (χ4n) is 1.67. The van der Waals surface area contributed by atoms with Gasteiger partial charge < -0.3 is 5.73 Å². The van der Waals surface area contributed by atoms with E-state index in [4.69, 9.17) is 5.73 Å². The quantitative estimate of drug-likeness (QED) is 0.646. The van der Waals surface area contributed by atoms with Crippen LogP contribution in [0.25, 0.3) is 0 Å². The molecule has 17 heavy (non-hydrogen) atoms. The molecule has 0 aliphatic carbocycles. The number of rotatable bonds is 3. The summed E-state index contributed by atoms with van der Waals surface area (Å²) >= 11 is 0. The van der Waals surface area contributed by atoms with Crippen molar-refractivity contribution in [2.24, 2.45) is 0 Å². The number of benzene rings is 2. The molecule has 3 nitrogen and oxygen atoms in total. The maximum Gasteiger partial charge on any atom is 0.218 e. The lowest BCUT2D eigenvalue weighted by atomic mass is 10.2. The molecule has 0 spiro atoms. The van der Waals surface area contributed by atoms with Crippen LogP contribution in [-0.2, 0) is 4.79 Å². The highest BCUT2D eigenvalue weighted by Gasteiger charge is 2.10. The number of hydrogen-bond donors (Lipinski definition) is 1. The van der Waals surface area contributed by atoms with Crippen LogP contribution >= 0.6 is 0 Å². The number of nitrogen functional groups attached to an aromatic ring is 1. The van der Waals surface area contributed by atoms with E-state index < -0.39 is 0 Å². The third kappa shape index (κ3) is 2.28. The average Bonchev–Trinajstić information content (AvgIpc) is 2.35. The number of carbonyl (C=O) groups is 1. The maximum atomic E-state index is 11.2. The van der Waals surface area contributed by atoms with Gasteiger partial charge in [0, 0.05) is 5.69 Å². The highest BCUT2D eigenvalue weighted by molar-refractivity contribution is 5.91. The molecule has 0 bridgehead atoms. The van der Waals surface area contributed by atoms with Gasteiger partial charge in [0.15, 0.2) is 0 Å². The van der Waals surface area contributed by atoms with Gasteiger partial charge in [-0.1, -0.05) is 29.8 Å². The molecular formula is C14H14N2O. The SMILES string of the molecule is Cc1ccc(N(C=O)c2ccccc2N)cc1. The van der Waals surface area contributed by atoms with Gasteiger partial charge in [0.25, 0.3) is 0 Å². The minimum atomic E-state index is 0.583. The van der Waals surface area contributed by atoms with E-state index in [0.29, 0.717) is 11.4 Å². The largest absolute Gasteiger partial charge is 0.397 e. The molecule has 0 saturated heterocycles. The van der Waals surface area contributed by atoms with Gasteiger partial charge in [0.1, 0.15) is 0 Å². The van der Waals surface area contributed by atoms with Crippen molar-refractivity contribution in [3.05, 3.63) is 54.1 Å². The zero-order valence-corrected chi connectivity index (χ0v) is 9.63. The van der Waals surface area contributed by atoms with Crippen LogP contribution in [0.15, 0.2) is 48.5 Å². The van der Waals surface area contributed by atoms with Gasteiger partial charge >= 0.3 is 0 Å². The van der Waals surface area contributed by atoms with E-state index in [1.54, 1.807) is 6.07 Å². The van der Waals surface area contributed by atoms with Crippen molar-refractivity contribution >= 4 is 23.5 Å². The number of carbonyl (C=O) groups excluding carboxylic acids is 1. The highest BCUT2D eigenvalue weighted by atomic mass is 16.1. The van der Waals surface area contributed by atoms with Crippen molar-refractivity contribution in [1.82, 2.24) is 0 Å². The summed E-state index contributed by atoms with van der Waals surface area (Å²) < 4.78 is 0. The lowest BCUT2D eigenvalue weighted by Gasteiger charge is -2.19. The van der Waals surface area contributed by atoms with Crippen molar-refractivity contribution < 1.29 is 4.79 Å². The summed E-state index contributed by atoms with van der Waals surface area (Å²) in [6.45, 7) is 2.01. The number of para-hydroxylation sites is 2. The second-order valence-electron chi connectivity index (χ2n) is 3.87. The molecule has 2 N–H and O–H groups in total. The Morgan fingerprint density at radius 2 is 1.71 bits per heavy atom. The minimum Gasteiger partial charge on any atom is -0.397 e. The van der Waals surface area contributed by atoms with E-state index in [9.17, 15) is 4.79 Å². The van der Waals surface area contributed by atoms with E-state index >= 15 is 0 Å². The number of nitrogens with zero attached hydrogens (tertiary/aromatic N) is 1. The first-order valence-electron chi connectivity index (χ1n) is 5.38. The first kappa shape index (κ1) is 11.2. The Balaban J connectivity index is 2.44. The molecule has 0 unspecified atom stereocenters. The molecule has 0 radical (unpaired) electrons. The number of aryl methyl sites for hydroxylation is 1. The summed E-state index contributed by atoms with van der Waals surface area (Å²) in [5, 5.41) is 0. The number of amides is 1. The van der Waals surface area contributed by atoms with Crippen molar-refractivity contribution in [1.29, 1.82) is 0 Å². The van der Waals surface area contributed by atoms with Crippen molar-refractivity contribution in [2.75, 3.05) is 10.6 Å². The normalized spacial score (nSPS) is 9.94. The molecule has 0 aliphatic rings. The van der Waals surface area contributed by atoms with Gasteiger partial charge in [-0.3, -0.25) is 9.69 Å². The predicted octanol–water partition coefficient (Wildman–Crippen LogP) is 2.87. The van der Waals surface area contributed by atoms with E-state index in [-0.39, 0.29) is 0 Å². The molecule has 0 aliphatic heterocycles. The first-order valence-corrected chi connectivity index (χ1v) is 5.38. The van der Waals surface area contributed by atoms with Gasteiger partial charge in [0.05, 0.1) is 11.4 Å². The molecule has 1 amide bonds. The molecule has 0 heterocycles. The van der Waals surface area contributed by atoms with Crippen molar-refractivity contribution in [3.63, 3.8) is 0 Å². The van der Waals surface area contributed by atoms with Crippen LogP contribution < -0.4 is 10.6 Å². The molecular weight excluding hydrogens is 212 g/mol. The minimum absolute atomic E-state index is 0.583. The van der Waals surface area contributed by atoms with Crippen LogP contribution in [0.5, 0.6) is 0 Å². The Morgan fingerprint density at radius 3 is 2.29 bits per heavy atom. The second-order valence-corrected chi connectivity index (χ2v) is 3.87. The fourth-order valence-corrected chi connectivity index (χ4v) is 1.67. The van der Waals surface area contributed by atoms with Gasteiger partial charge in [-0.2, -0.15) is 0 Å². The van der Waals surface area contributed by atoms with E-state index in [1.165, 1.54) is 4.90 Å². The molecule has 0 aromatic heterocycles. The molecule has 2 aromatic carbocycles. The van der Waals surface area contributed by atoms with Gasteiger partial charge in [0.2, 0.25) is 6.41 Å². The molecule has 2 aromatic rings.